The maximum Gasteiger partial charge on any atom is 0.209 e. The maximum absolute atomic E-state index is 7.08. The number of benzene rings is 2. The summed E-state index contributed by atoms with van der Waals surface area (Å²) < 4.78 is 2.40. The van der Waals surface area contributed by atoms with Gasteiger partial charge in [0, 0.05) is 57.5 Å². The number of nitrogens with two attached hydrogens (primary N) is 2. The van der Waals surface area contributed by atoms with E-state index >= 15 is 0 Å². The summed E-state index contributed by atoms with van der Waals surface area (Å²) in [4.78, 5) is 2.40. The summed E-state index contributed by atoms with van der Waals surface area (Å²) in [6, 6.07) is 12.5. The van der Waals surface area contributed by atoms with Crippen molar-refractivity contribution in [2.45, 2.75) is 71.6 Å². The van der Waals surface area contributed by atoms with Gasteiger partial charge in [0.15, 0.2) is 5.71 Å². The standard InChI is InChI=1S/C34H42ClN4/c1-7-38-28-16-14-24(36)20-26(28)33(3,4)30(38)18-12-22-10-9-11-23(32(22)35)13-19-31-34(5,6)27-21-25(37)15-17-29(27)39(31)8-2/h12-21H,7-11,36-37H2,1-6H3/q+1. The van der Waals surface area contributed by atoms with Crippen molar-refractivity contribution < 1.29 is 4.58 Å². The average Bonchev–Trinajstić information content (AvgIpc) is 3.24. The lowest BCUT2D eigenvalue weighted by molar-refractivity contribution is -0.433. The Kier molecular flexibility index (Phi) is 7.05. The van der Waals surface area contributed by atoms with Gasteiger partial charge in [0.2, 0.25) is 5.69 Å². The smallest absolute Gasteiger partial charge is 0.209 e. The topological polar surface area (TPSA) is 58.3 Å². The SMILES string of the molecule is CCN1/C(=C/C=C2\CCCC(/C=C/C3=[N+](CC)c4ccc(N)cc4C3(C)C)=C2Cl)C(C)(C)c2cc(N)ccc21. The fourth-order valence-electron chi connectivity index (χ4n) is 6.63. The Morgan fingerprint density at radius 3 is 2.28 bits per heavy atom. The zero-order chi connectivity index (χ0) is 28.1. The summed E-state index contributed by atoms with van der Waals surface area (Å²) in [5.41, 5.74) is 23.7. The number of hydrogen-bond acceptors (Lipinski definition) is 3. The van der Waals surface area contributed by atoms with Gasteiger partial charge in [-0.25, -0.2) is 0 Å². The van der Waals surface area contributed by atoms with Crippen molar-refractivity contribution >= 4 is 40.1 Å². The van der Waals surface area contributed by atoms with Crippen LogP contribution in [0.2, 0.25) is 0 Å². The van der Waals surface area contributed by atoms with E-state index in [1.54, 1.807) is 0 Å². The number of hydrogen-bond donors (Lipinski definition) is 2. The second-order valence-electron chi connectivity index (χ2n) is 11.9. The van der Waals surface area contributed by atoms with Crippen LogP contribution in [0.1, 0.15) is 71.9 Å². The molecular formula is C34H42ClN4+. The van der Waals surface area contributed by atoms with Crippen molar-refractivity contribution in [2.75, 3.05) is 29.5 Å². The summed E-state index contributed by atoms with van der Waals surface area (Å²) in [5, 5.41) is 0.885. The van der Waals surface area contributed by atoms with Crippen LogP contribution in [0.15, 0.2) is 82.6 Å². The summed E-state index contributed by atoms with van der Waals surface area (Å²) >= 11 is 7.08. The number of allylic oxidation sites excluding steroid dienone is 8. The van der Waals surface area contributed by atoms with Crippen molar-refractivity contribution in [2.24, 2.45) is 0 Å². The molecule has 2 aromatic rings. The maximum atomic E-state index is 7.08. The molecule has 3 aliphatic rings. The second-order valence-corrected chi connectivity index (χ2v) is 12.3. The third-order valence-electron chi connectivity index (χ3n) is 8.81. The van der Waals surface area contributed by atoms with Gasteiger partial charge in [0.1, 0.15) is 6.54 Å². The first-order valence-corrected chi connectivity index (χ1v) is 14.6. The molecule has 0 amide bonds. The molecule has 0 radical (unpaired) electrons. The molecule has 4 nitrogen and oxygen atoms in total. The minimum atomic E-state index is -0.127. The van der Waals surface area contributed by atoms with Gasteiger partial charge in [-0.15, -0.1) is 0 Å². The van der Waals surface area contributed by atoms with E-state index in [0.717, 1.165) is 48.8 Å². The molecule has 0 atom stereocenters. The third-order valence-corrected chi connectivity index (χ3v) is 9.29. The van der Waals surface area contributed by atoms with E-state index in [2.05, 4.69) is 99.6 Å². The highest BCUT2D eigenvalue weighted by atomic mass is 35.5. The zero-order valence-corrected chi connectivity index (χ0v) is 25.0. The summed E-state index contributed by atoms with van der Waals surface area (Å²) in [7, 11) is 0. The molecule has 0 bridgehead atoms. The molecule has 0 unspecified atom stereocenters. The first kappa shape index (κ1) is 27.3. The fraction of sp³-hybridized carbons (Fsp3) is 0.382. The van der Waals surface area contributed by atoms with Crippen LogP contribution in [0.3, 0.4) is 0 Å². The highest BCUT2D eigenvalue weighted by Crippen LogP contribution is 2.48. The average molecular weight is 542 g/mol. The van der Waals surface area contributed by atoms with E-state index in [0.29, 0.717) is 0 Å². The molecule has 5 heteroatoms. The fourth-order valence-corrected chi connectivity index (χ4v) is 6.95. The molecule has 2 aliphatic heterocycles. The van der Waals surface area contributed by atoms with Crippen LogP contribution >= 0.6 is 11.6 Å². The molecule has 2 aromatic carbocycles. The molecule has 5 rings (SSSR count). The van der Waals surface area contributed by atoms with Gasteiger partial charge in [0.25, 0.3) is 0 Å². The van der Waals surface area contributed by atoms with E-state index in [1.807, 2.05) is 12.1 Å². The molecule has 204 valence electrons. The van der Waals surface area contributed by atoms with E-state index in [9.17, 15) is 0 Å². The van der Waals surface area contributed by atoms with E-state index in [1.165, 1.54) is 45.1 Å². The Bertz CT molecular complexity index is 1480. The molecule has 0 saturated heterocycles. The number of halogens is 1. The third kappa shape index (κ3) is 4.53. The Morgan fingerprint density at radius 2 is 1.59 bits per heavy atom. The number of anilines is 3. The van der Waals surface area contributed by atoms with Crippen molar-refractivity contribution in [3.63, 3.8) is 0 Å². The molecule has 0 aromatic heterocycles. The van der Waals surface area contributed by atoms with Crippen LogP contribution in [0, 0.1) is 0 Å². The van der Waals surface area contributed by atoms with Gasteiger partial charge >= 0.3 is 0 Å². The lowest BCUT2D eigenvalue weighted by Gasteiger charge is -2.26. The molecule has 4 N–H and O–H groups in total. The van der Waals surface area contributed by atoms with Crippen LogP contribution < -0.4 is 16.4 Å². The van der Waals surface area contributed by atoms with Gasteiger partial charge in [-0.2, -0.15) is 4.58 Å². The van der Waals surface area contributed by atoms with E-state index in [-0.39, 0.29) is 10.8 Å². The van der Waals surface area contributed by atoms with Crippen molar-refractivity contribution in [3.05, 3.63) is 93.7 Å². The summed E-state index contributed by atoms with van der Waals surface area (Å²) in [5.74, 6) is 0. The predicted octanol–water partition coefficient (Wildman–Crippen LogP) is 8.11. The second kappa shape index (κ2) is 10.1. The molecule has 0 saturated carbocycles. The quantitative estimate of drug-likeness (QED) is 0.297. The van der Waals surface area contributed by atoms with Gasteiger partial charge in [-0.1, -0.05) is 37.6 Å². The van der Waals surface area contributed by atoms with Crippen molar-refractivity contribution in [3.8, 4) is 0 Å². The van der Waals surface area contributed by atoms with Gasteiger partial charge in [-0.05, 0) is 100 Å². The minimum Gasteiger partial charge on any atom is -0.399 e. The Balaban J connectivity index is 1.49. The van der Waals surface area contributed by atoms with E-state index < -0.39 is 0 Å². The molecule has 0 spiro atoms. The number of nitrogen functional groups attached to an aromatic ring is 2. The number of rotatable bonds is 5. The monoisotopic (exact) mass is 541 g/mol. The minimum absolute atomic E-state index is 0.127. The van der Waals surface area contributed by atoms with Crippen molar-refractivity contribution in [1.29, 1.82) is 0 Å². The van der Waals surface area contributed by atoms with Gasteiger partial charge in [0.05, 0.1) is 5.41 Å². The highest BCUT2D eigenvalue weighted by molar-refractivity contribution is 6.32. The first-order valence-electron chi connectivity index (χ1n) is 14.2. The lowest BCUT2D eigenvalue weighted by Crippen LogP contribution is -2.27. The van der Waals surface area contributed by atoms with Crippen molar-refractivity contribution in [1.82, 2.24) is 0 Å². The number of fused-ring (bicyclic) bond motifs is 2. The molecule has 1 aliphatic carbocycles. The largest absolute Gasteiger partial charge is 0.399 e. The van der Waals surface area contributed by atoms with Crippen LogP contribution in [0.25, 0.3) is 0 Å². The molecule has 0 fully saturated rings. The van der Waals surface area contributed by atoms with Gasteiger partial charge < -0.3 is 16.4 Å². The Hall–Kier alpha value is -3.24. The highest BCUT2D eigenvalue weighted by Gasteiger charge is 2.44. The normalized spacial score (nSPS) is 22.0. The number of likely N-dealkylation sites (N-methyl/N-ethyl adjacent to an activating group) is 1. The summed E-state index contributed by atoms with van der Waals surface area (Å²) in [6.45, 7) is 15.3. The van der Waals surface area contributed by atoms with Crippen LogP contribution in [0.4, 0.5) is 22.7 Å². The number of nitrogens with zero attached hydrogens (tertiary/aromatic N) is 2. The molecule has 2 heterocycles. The summed E-state index contributed by atoms with van der Waals surface area (Å²) in [6.07, 6.45) is 12.1. The molecular weight excluding hydrogens is 500 g/mol. The predicted molar refractivity (Wildman–Crippen MR) is 168 cm³/mol. The van der Waals surface area contributed by atoms with Crippen LogP contribution in [-0.4, -0.2) is 23.4 Å². The van der Waals surface area contributed by atoms with Gasteiger partial charge in [-0.3, -0.25) is 0 Å². The molecule has 39 heavy (non-hydrogen) atoms. The first-order chi connectivity index (χ1) is 18.5. The van der Waals surface area contributed by atoms with E-state index in [4.69, 9.17) is 23.1 Å². The zero-order valence-electron chi connectivity index (χ0n) is 24.2. The van der Waals surface area contributed by atoms with Crippen LogP contribution in [0.5, 0.6) is 0 Å². The van der Waals surface area contributed by atoms with Crippen LogP contribution in [-0.2, 0) is 10.8 Å². The lowest BCUT2D eigenvalue weighted by atomic mass is 9.81. The Morgan fingerprint density at radius 1 is 0.897 bits per heavy atom. The Labute approximate surface area is 239 Å².